The summed E-state index contributed by atoms with van der Waals surface area (Å²) in [7, 11) is 0. The van der Waals surface area contributed by atoms with Gasteiger partial charge in [0, 0.05) is 30.4 Å². The zero-order valence-electron chi connectivity index (χ0n) is 22.7. The molecule has 0 radical (unpaired) electrons. The van der Waals surface area contributed by atoms with E-state index in [-0.39, 0.29) is 30.9 Å². The standard InChI is InChI=1S/C29H41FN4O4/c1-21-4-6-23(7-5-21)33(17-26-18-36-14-15-38-26)24-8-10-25(11-9-24)34-28(35)22(2)27(16-32-34)31-19-29(30)12-3-13-37-20-29/h4-7,16,24-26,31H,3,8-15,17-20H2,1-2H3/t24?,25?,26-,29-/m0/s1. The Labute approximate surface area is 224 Å². The van der Waals surface area contributed by atoms with Crippen molar-refractivity contribution in [1.82, 2.24) is 9.78 Å². The van der Waals surface area contributed by atoms with E-state index in [1.165, 1.54) is 11.3 Å². The number of hydrogen-bond donors (Lipinski definition) is 1. The number of rotatable bonds is 8. The molecule has 1 N–H and O–H groups in total. The highest BCUT2D eigenvalue weighted by molar-refractivity contribution is 5.49. The van der Waals surface area contributed by atoms with Crippen LogP contribution in [0.25, 0.3) is 0 Å². The maximum absolute atomic E-state index is 14.9. The molecule has 0 unspecified atom stereocenters. The molecule has 0 amide bonds. The molecule has 38 heavy (non-hydrogen) atoms. The SMILES string of the molecule is Cc1ccc(N(C[C@H]2COCCO2)C2CCC(n3ncc(NC[C@@]4(F)CCCOC4)c(C)c3=O)CC2)cc1. The summed E-state index contributed by atoms with van der Waals surface area (Å²) in [4.78, 5) is 15.7. The fourth-order valence-electron chi connectivity index (χ4n) is 5.88. The Kier molecular flexibility index (Phi) is 8.65. The topological polar surface area (TPSA) is 77.8 Å². The van der Waals surface area contributed by atoms with Crippen LogP contribution in [-0.4, -0.2) is 73.7 Å². The van der Waals surface area contributed by atoms with E-state index in [9.17, 15) is 9.18 Å². The number of hydrogen-bond acceptors (Lipinski definition) is 7. The molecule has 2 saturated heterocycles. The van der Waals surface area contributed by atoms with Crippen LogP contribution in [0.3, 0.4) is 0 Å². The van der Waals surface area contributed by atoms with Gasteiger partial charge in [-0.3, -0.25) is 4.79 Å². The number of aryl methyl sites for hydroxylation is 1. The van der Waals surface area contributed by atoms with E-state index in [0.29, 0.717) is 56.6 Å². The van der Waals surface area contributed by atoms with Gasteiger partial charge in [-0.05, 0) is 64.5 Å². The summed E-state index contributed by atoms with van der Waals surface area (Å²) in [6, 6.07) is 9.09. The van der Waals surface area contributed by atoms with Crippen LogP contribution in [0.4, 0.5) is 15.8 Å². The number of halogens is 1. The fourth-order valence-corrected chi connectivity index (χ4v) is 5.88. The van der Waals surface area contributed by atoms with Crippen LogP contribution >= 0.6 is 0 Å². The van der Waals surface area contributed by atoms with Gasteiger partial charge in [0.25, 0.3) is 5.56 Å². The first-order chi connectivity index (χ1) is 18.4. The smallest absolute Gasteiger partial charge is 0.272 e. The number of aromatic nitrogens is 2. The first kappa shape index (κ1) is 27.1. The van der Waals surface area contributed by atoms with Crippen molar-refractivity contribution in [1.29, 1.82) is 0 Å². The Morgan fingerprint density at radius 3 is 2.58 bits per heavy atom. The van der Waals surface area contributed by atoms with Gasteiger partial charge in [0.15, 0.2) is 5.67 Å². The van der Waals surface area contributed by atoms with Gasteiger partial charge in [-0.15, -0.1) is 0 Å². The molecule has 1 saturated carbocycles. The van der Waals surface area contributed by atoms with Crippen LogP contribution in [0.5, 0.6) is 0 Å². The molecule has 2 aliphatic heterocycles. The molecule has 1 aromatic heterocycles. The number of nitrogens with zero attached hydrogens (tertiary/aromatic N) is 3. The van der Waals surface area contributed by atoms with Gasteiger partial charge in [0.2, 0.25) is 0 Å². The van der Waals surface area contributed by atoms with E-state index in [0.717, 1.165) is 32.2 Å². The molecule has 0 bridgehead atoms. The highest BCUT2D eigenvalue weighted by atomic mass is 19.1. The normalized spacial score (nSPS) is 28.1. The lowest BCUT2D eigenvalue weighted by molar-refractivity contribution is -0.0847. The monoisotopic (exact) mass is 528 g/mol. The highest BCUT2D eigenvalue weighted by Crippen LogP contribution is 2.33. The lowest BCUT2D eigenvalue weighted by Crippen LogP contribution is -2.46. The quantitative estimate of drug-likeness (QED) is 0.550. The van der Waals surface area contributed by atoms with Crippen molar-refractivity contribution in [3.8, 4) is 0 Å². The molecule has 5 rings (SSSR count). The van der Waals surface area contributed by atoms with Gasteiger partial charge in [-0.25, -0.2) is 9.07 Å². The summed E-state index contributed by atoms with van der Waals surface area (Å²) in [5.41, 5.74) is 2.11. The molecule has 2 atom stereocenters. The Bertz CT molecular complexity index is 1100. The molecule has 1 aliphatic carbocycles. The van der Waals surface area contributed by atoms with Crippen molar-refractivity contribution in [3.05, 3.63) is 51.9 Å². The van der Waals surface area contributed by atoms with E-state index >= 15 is 0 Å². The molecule has 3 aliphatic rings. The van der Waals surface area contributed by atoms with E-state index in [2.05, 4.69) is 46.5 Å². The van der Waals surface area contributed by atoms with Gasteiger partial charge < -0.3 is 24.4 Å². The summed E-state index contributed by atoms with van der Waals surface area (Å²) in [5.74, 6) is 0. The van der Waals surface area contributed by atoms with Gasteiger partial charge in [-0.2, -0.15) is 5.10 Å². The zero-order valence-corrected chi connectivity index (χ0v) is 22.7. The molecule has 9 heteroatoms. The lowest BCUT2D eigenvalue weighted by atomic mass is 9.89. The predicted molar refractivity (Wildman–Crippen MR) is 146 cm³/mol. The lowest BCUT2D eigenvalue weighted by Gasteiger charge is -2.40. The number of nitrogens with one attached hydrogen (secondary N) is 1. The minimum absolute atomic E-state index is 0.0541. The highest BCUT2D eigenvalue weighted by Gasteiger charge is 2.33. The van der Waals surface area contributed by atoms with Crippen LogP contribution in [-0.2, 0) is 14.2 Å². The minimum atomic E-state index is -1.41. The zero-order chi connectivity index (χ0) is 26.5. The van der Waals surface area contributed by atoms with Gasteiger partial charge in [0.05, 0.1) is 57.0 Å². The second-order valence-electron chi connectivity index (χ2n) is 11.1. The van der Waals surface area contributed by atoms with E-state index < -0.39 is 5.67 Å². The molecule has 3 heterocycles. The third kappa shape index (κ3) is 6.38. The molecular weight excluding hydrogens is 487 g/mol. The molecule has 0 spiro atoms. The van der Waals surface area contributed by atoms with Crippen LogP contribution in [0.1, 0.15) is 55.7 Å². The number of ether oxygens (including phenoxy) is 3. The van der Waals surface area contributed by atoms with Gasteiger partial charge in [0.1, 0.15) is 0 Å². The molecule has 3 fully saturated rings. The second kappa shape index (κ2) is 12.1. The number of alkyl halides is 1. The largest absolute Gasteiger partial charge is 0.380 e. The summed E-state index contributed by atoms with van der Waals surface area (Å²) in [6.45, 7) is 7.41. The maximum atomic E-state index is 14.9. The summed E-state index contributed by atoms with van der Waals surface area (Å²) < 4.78 is 33.5. The van der Waals surface area contributed by atoms with Crippen molar-refractivity contribution in [2.75, 3.05) is 56.3 Å². The first-order valence-corrected chi connectivity index (χ1v) is 14.0. The molecule has 1 aromatic carbocycles. The molecular formula is C29H41FN4O4. The van der Waals surface area contributed by atoms with Crippen LogP contribution in [0.15, 0.2) is 35.3 Å². The Hall–Kier alpha value is -2.49. The molecule has 8 nitrogen and oxygen atoms in total. The van der Waals surface area contributed by atoms with Crippen LogP contribution in [0.2, 0.25) is 0 Å². The second-order valence-corrected chi connectivity index (χ2v) is 11.1. The van der Waals surface area contributed by atoms with E-state index in [1.54, 1.807) is 17.8 Å². The van der Waals surface area contributed by atoms with Crippen LogP contribution in [0, 0.1) is 13.8 Å². The fraction of sp³-hybridized carbons (Fsp3) is 0.655. The average Bonchev–Trinajstić information content (AvgIpc) is 2.94. The summed E-state index contributed by atoms with van der Waals surface area (Å²) >= 11 is 0. The van der Waals surface area contributed by atoms with Crippen molar-refractivity contribution in [2.24, 2.45) is 0 Å². The van der Waals surface area contributed by atoms with Crippen molar-refractivity contribution in [2.45, 2.75) is 76.2 Å². The van der Waals surface area contributed by atoms with E-state index in [1.807, 2.05) is 0 Å². The Morgan fingerprint density at radius 1 is 1.11 bits per heavy atom. The maximum Gasteiger partial charge on any atom is 0.272 e. The number of benzene rings is 1. The average molecular weight is 529 g/mol. The van der Waals surface area contributed by atoms with Crippen LogP contribution < -0.4 is 15.8 Å². The van der Waals surface area contributed by atoms with Crippen molar-refractivity contribution < 1.29 is 18.6 Å². The summed E-state index contributed by atoms with van der Waals surface area (Å²) in [6.07, 6.45) is 6.58. The van der Waals surface area contributed by atoms with E-state index in [4.69, 9.17) is 14.2 Å². The molecule has 2 aromatic rings. The predicted octanol–water partition coefficient (Wildman–Crippen LogP) is 4.20. The van der Waals surface area contributed by atoms with Crippen molar-refractivity contribution >= 4 is 11.4 Å². The Morgan fingerprint density at radius 2 is 1.89 bits per heavy atom. The third-order valence-corrected chi connectivity index (χ3v) is 8.22. The minimum Gasteiger partial charge on any atom is -0.380 e. The number of anilines is 2. The summed E-state index contributed by atoms with van der Waals surface area (Å²) in [5, 5.41) is 7.64. The molecule has 208 valence electrons. The first-order valence-electron chi connectivity index (χ1n) is 14.0. The van der Waals surface area contributed by atoms with Gasteiger partial charge in [-0.1, -0.05) is 17.7 Å². The van der Waals surface area contributed by atoms with Gasteiger partial charge >= 0.3 is 0 Å². The van der Waals surface area contributed by atoms with Crippen molar-refractivity contribution in [3.63, 3.8) is 0 Å². The third-order valence-electron chi connectivity index (χ3n) is 8.22. The Balaban J connectivity index is 1.24.